The van der Waals surface area contributed by atoms with Crippen LogP contribution in [0.2, 0.25) is 0 Å². The zero-order valence-electron chi connectivity index (χ0n) is 15.9. The lowest BCUT2D eigenvalue weighted by molar-refractivity contribution is 0.252. The number of halogens is 3. The second-order valence-corrected chi connectivity index (χ2v) is 8.69. The van der Waals surface area contributed by atoms with Crippen LogP contribution in [0.25, 0.3) is 0 Å². The fraction of sp³-hybridized carbons (Fsp3) is 0.333. The van der Waals surface area contributed by atoms with Crippen molar-refractivity contribution >= 4 is 16.9 Å². The molecule has 0 bridgehead atoms. The van der Waals surface area contributed by atoms with E-state index in [1.807, 2.05) is 6.07 Å². The Morgan fingerprint density at radius 2 is 1.90 bits per heavy atom. The maximum absolute atomic E-state index is 14.8. The molecule has 0 spiro atoms. The lowest BCUT2D eigenvalue weighted by Gasteiger charge is -2.34. The zero-order chi connectivity index (χ0) is 21.5. The second-order valence-electron chi connectivity index (χ2n) is 7.31. The molecule has 2 aliphatic rings. The number of nitriles is 1. The van der Waals surface area contributed by atoms with Crippen molar-refractivity contribution in [1.29, 1.82) is 5.26 Å². The van der Waals surface area contributed by atoms with Crippen LogP contribution < -0.4 is 5.73 Å². The van der Waals surface area contributed by atoms with Crippen LogP contribution in [-0.2, 0) is 5.54 Å². The van der Waals surface area contributed by atoms with Gasteiger partial charge in [-0.1, -0.05) is 24.6 Å². The van der Waals surface area contributed by atoms with Gasteiger partial charge in [-0.15, -0.1) is 0 Å². The van der Waals surface area contributed by atoms with Gasteiger partial charge in [-0.2, -0.15) is 5.26 Å². The number of alkyl halides is 2. The van der Waals surface area contributed by atoms with E-state index < -0.39 is 35.4 Å². The molecule has 2 aromatic rings. The summed E-state index contributed by atoms with van der Waals surface area (Å²) < 4.78 is 42.2. The van der Waals surface area contributed by atoms with Crippen molar-refractivity contribution in [3.8, 4) is 17.9 Å². The molecule has 1 aliphatic carbocycles. The van der Waals surface area contributed by atoms with Gasteiger partial charge in [0.15, 0.2) is 10.9 Å². The van der Waals surface area contributed by atoms with E-state index in [2.05, 4.69) is 26.8 Å². The quantitative estimate of drug-likeness (QED) is 0.761. The van der Waals surface area contributed by atoms with Gasteiger partial charge in [0.1, 0.15) is 36.5 Å². The molecule has 1 saturated carbocycles. The van der Waals surface area contributed by atoms with Crippen molar-refractivity contribution in [1.82, 2.24) is 9.97 Å². The van der Waals surface area contributed by atoms with Crippen molar-refractivity contribution in [3.63, 3.8) is 0 Å². The van der Waals surface area contributed by atoms with Gasteiger partial charge in [-0.25, -0.2) is 28.1 Å². The summed E-state index contributed by atoms with van der Waals surface area (Å²) in [5.74, 6) is 4.24. The highest BCUT2D eigenvalue weighted by Gasteiger charge is 2.74. The third kappa shape index (κ3) is 3.01. The Bertz CT molecular complexity index is 1130. The van der Waals surface area contributed by atoms with Gasteiger partial charge in [0.2, 0.25) is 0 Å². The Kier molecular flexibility index (Phi) is 4.95. The molecule has 1 fully saturated rings. The number of aromatic nitrogens is 2. The number of nitrogens with zero attached hydrogens (tertiary/aromatic N) is 4. The normalized spacial score (nSPS) is 29.1. The first-order chi connectivity index (χ1) is 14.4. The van der Waals surface area contributed by atoms with Gasteiger partial charge in [0, 0.05) is 17.0 Å². The number of fused-ring (bicyclic) bond motifs is 1. The first-order valence-electron chi connectivity index (χ1n) is 9.10. The summed E-state index contributed by atoms with van der Waals surface area (Å²) in [6.07, 6.45) is 2.64. The average Bonchev–Trinajstić information content (AvgIpc) is 3.37. The maximum atomic E-state index is 14.8. The number of hydrogen-bond donors (Lipinski definition) is 1. The summed E-state index contributed by atoms with van der Waals surface area (Å²) in [4.78, 5) is 12.2. The second kappa shape index (κ2) is 7.33. The molecule has 0 amide bonds. The molecule has 30 heavy (non-hydrogen) atoms. The molecule has 152 valence electrons. The Balaban J connectivity index is 1.76. The Morgan fingerprint density at radius 1 is 1.17 bits per heavy atom. The molecule has 1 aromatic heterocycles. The lowest BCUT2D eigenvalue weighted by atomic mass is 9.83. The van der Waals surface area contributed by atoms with Crippen LogP contribution in [0.3, 0.4) is 0 Å². The molecule has 4 atom stereocenters. The summed E-state index contributed by atoms with van der Waals surface area (Å²) in [7, 11) is 0. The monoisotopic (exact) mass is 427 g/mol. The van der Waals surface area contributed by atoms with E-state index in [0.717, 1.165) is 11.8 Å². The van der Waals surface area contributed by atoms with Crippen LogP contribution in [0.5, 0.6) is 0 Å². The minimum Gasteiger partial charge on any atom is -0.378 e. The van der Waals surface area contributed by atoms with Gasteiger partial charge < -0.3 is 5.73 Å². The number of thioether (sulfide) groups is 1. The first-order valence-corrected chi connectivity index (χ1v) is 9.92. The smallest absolute Gasteiger partial charge is 0.158 e. The number of rotatable bonds is 3. The predicted octanol–water partition coefficient (Wildman–Crippen LogP) is 3.09. The lowest BCUT2D eigenvalue weighted by Crippen LogP contribution is -2.40. The Morgan fingerprint density at radius 3 is 2.53 bits per heavy atom. The standard InChI is InChI=1S/C21H16F3N5S/c1-12-18-20(10-22,29-19(26)30-21(12,18)11-23)16-6-13(3-5-17(16)24)2-4-14-8-28-15(7-25)9-27-14/h3,5-6,8-9,12,18H,10-11H2,1H3,(H2,26,29)/t12-,18-,20+,21-/m0/s1. The fourth-order valence-electron chi connectivity index (χ4n) is 4.22. The molecule has 4 rings (SSSR count). The van der Waals surface area contributed by atoms with Crippen LogP contribution >= 0.6 is 11.8 Å². The third-order valence-corrected chi connectivity index (χ3v) is 7.17. The number of aliphatic imine (C=N–C) groups is 1. The third-order valence-electron chi connectivity index (χ3n) is 5.75. The highest BCUT2D eigenvalue weighted by atomic mass is 32.2. The maximum Gasteiger partial charge on any atom is 0.158 e. The zero-order valence-corrected chi connectivity index (χ0v) is 16.7. The molecule has 0 radical (unpaired) electrons. The summed E-state index contributed by atoms with van der Waals surface area (Å²) >= 11 is 1.10. The molecule has 1 aliphatic heterocycles. The average molecular weight is 427 g/mol. The number of nitrogens with two attached hydrogens (primary N) is 1. The molecule has 2 N–H and O–H groups in total. The molecule has 1 aromatic carbocycles. The molecule has 0 unspecified atom stereocenters. The van der Waals surface area contributed by atoms with E-state index in [9.17, 15) is 13.2 Å². The molecule has 5 nitrogen and oxygen atoms in total. The number of benzene rings is 1. The summed E-state index contributed by atoms with van der Waals surface area (Å²) in [6, 6.07) is 5.94. The Hall–Kier alpha value is -3.04. The van der Waals surface area contributed by atoms with Crippen LogP contribution in [0, 0.1) is 40.8 Å². The largest absolute Gasteiger partial charge is 0.378 e. The SMILES string of the molecule is C[C@H]1[C@@H]2[C@@]1(CF)SC(N)=N[C@]2(CF)c1cc(C#Cc2cnc(C#N)cn2)ccc1F. The van der Waals surface area contributed by atoms with Crippen molar-refractivity contribution < 1.29 is 13.2 Å². The summed E-state index contributed by atoms with van der Waals surface area (Å²) in [5, 5.41) is 8.81. The van der Waals surface area contributed by atoms with Gasteiger partial charge >= 0.3 is 0 Å². The Labute approximate surface area is 175 Å². The summed E-state index contributed by atoms with van der Waals surface area (Å²) in [5.41, 5.74) is 5.22. The van der Waals surface area contributed by atoms with E-state index in [1.165, 1.54) is 30.6 Å². The van der Waals surface area contributed by atoms with E-state index in [-0.39, 0.29) is 22.3 Å². The summed E-state index contributed by atoms with van der Waals surface area (Å²) in [6.45, 7) is 0.112. The molecule has 9 heteroatoms. The van der Waals surface area contributed by atoms with Crippen molar-refractivity contribution in [2.24, 2.45) is 22.6 Å². The van der Waals surface area contributed by atoms with Gasteiger partial charge in [0.25, 0.3) is 0 Å². The van der Waals surface area contributed by atoms with E-state index in [0.29, 0.717) is 11.3 Å². The van der Waals surface area contributed by atoms with Crippen LogP contribution in [0.4, 0.5) is 13.2 Å². The van der Waals surface area contributed by atoms with Crippen molar-refractivity contribution in [2.45, 2.75) is 17.2 Å². The predicted molar refractivity (Wildman–Crippen MR) is 107 cm³/mol. The molecule has 0 saturated heterocycles. The first kappa shape index (κ1) is 20.2. The fourth-order valence-corrected chi connectivity index (χ4v) is 5.66. The van der Waals surface area contributed by atoms with Crippen molar-refractivity contribution in [2.75, 3.05) is 13.3 Å². The number of hydrogen-bond acceptors (Lipinski definition) is 6. The topological polar surface area (TPSA) is 88.0 Å². The van der Waals surface area contributed by atoms with Gasteiger partial charge in [0.05, 0.1) is 17.1 Å². The molecular formula is C21H16F3N5S. The highest BCUT2D eigenvalue weighted by molar-refractivity contribution is 8.15. The minimum atomic E-state index is -1.59. The van der Waals surface area contributed by atoms with Gasteiger partial charge in [-0.3, -0.25) is 0 Å². The van der Waals surface area contributed by atoms with E-state index in [1.54, 1.807) is 6.92 Å². The molecular weight excluding hydrogens is 411 g/mol. The van der Waals surface area contributed by atoms with Crippen LogP contribution in [0.1, 0.15) is 29.4 Å². The minimum absolute atomic E-state index is 0.0122. The highest BCUT2D eigenvalue weighted by Crippen LogP contribution is 2.70. The van der Waals surface area contributed by atoms with E-state index >= 15 is 0 Å². The number of amidine groups is 1. The van der Waals surface area contributed by atoms with E-state index in [4.69, 9.17) is 11.0 Å². The van der Waals surface area contributed by atoms with Crippen LogP contribution in [-0.4, -0.2) is 33.2 Å². The van der Waals surface area contributed by atoms with Crippen LogP contribution in [0.15, 0.2) is 35.6 Å². The van der Waals surface area contributed by atoms with Gasteiger partial charge in [-0.05, 0) is 30.0 Å². The van der Waals surface area contributed by atoms with Crippen molar-refractivity contribution in [3.05, 3.63) is 58.9 Å². The molecule has 2 heterocycles.